The number of nitro groups is 1. The zero-order valence-electron chi connectivity index (χ0n) is 13.9. The minimum atomic E-state index is -0.773. The topological polar surface area (TPSA) is 67.6 Å². The zero-order valence-corrected chi connectivity index (χ0v) is 15.5. The minimum Gasteiger partial charge on any atom is -0.381 e. The van der Waals surface area contributed by atoms with Gasteiger partial charge in [0, 0.05) is 51.5 Å². The molecular formula is C16H24Cl2FN3O3. The number of rotatable bonds is 4. The number of ether oxygens (including phenoxy) is 1. The lowest BCUT2D eigenvalue weighted by atomic mass is 9.85. The molecule has 1 N–H and O–H groups in total. The standard InChI is InChI=1S/C16H22FN3O3.2ClH/c17-14-2-1-13(11-15(14)20(21)22)16(12-3-9-23-10-4-12)19-7-5-18-6-8-19;;/h1-2,11-12,16,18H,3-10H2;2*1H/t16-;;/m1../s1. The number of piperazine rings is 1. The van der Waals surface area contributed by atoms with Crippen molar-refractivity contribution in [2.75, 3.05) is 39.4 Å². The van der Waals surface area contributed by atoms with Gasteiger partial charge in [0.05, 0.1) is 4.92 Å². The Morgan fingerprint density at radius 1 is 1.24 bits per heavy atom. The summed E-state index contributed by atoms with van der Waals surface area (Å²) in [5, 5.41) is 14.4. The number of hydrogen-bond donors (Lipinski definition) is 1. The van der Waals surface area contributed by atoms with E-state index in [1.807, 2.05) is 0 Å². The first-order valence-electron chi connectivity index (χ1n) is 8.13. The third-order valence-electron chi connectivity index (χ3n) is 4.77. The second-order valence-electron chi connectivity index (χ2n) is 6.15. The highest BCUT2D eigenvalue weighted by Gasteiger charge is 2.32. The Hall–Kier alpha value is -0.990. The summed E-state index contributed by atoms with van der Waals surface area (Å²) in [5.41, 5.74) is 0.404. The van der Waals surface area contributed by atoms with Crippen molar-refractivity contribution >= 4 is 30.5 Å². The van der Waals surface area contributed by atoms with Crippen molar-refractivity contribution in [3.05, 3.63) is 39.7 Å². The SMILES string of the molecule is Cl.Cl.O=[N+]([O-])c1cc([C@@H](C2CCOCC2)N2CCNCC2)ccc1F. The maximum absolute atomic E-state index is 13.7. The third-order valence-corrected chi connectivity index (χ3v) is 4.77. The molecule has 2 heterocycles. The van der Waals surface area contributed by atoms with Crippen LogP contribution < -0.4 is 5.32 Å². The monoisotopic (exact) mass is 395 g/mol. The van der Waals surface area contributed by atoms with Crippen LogP contribution in [0.5, 0.6) is 0 Å². The molecule has 0 aromatic heterocycles. The lowest BCUT2D eigenvalue weighted by Crippen LogP contribution is -2.47. The Labute approximate surface area is 159 Å². The fourth-order valence-electron chi connectivity index (χ4n) is 3.63. The van der Waals surface area contributed by atoms with Crippen LogP contribution in [0.25, 0.3) is 0 Å². The Bertz CT molecular complexity index is 550. The molecule has 0 saturated carbocycles. The summed E-state index contributed by atoms with van der Waals surface area (Å²) >= 11 is 0. The van der Waals surface area contributed by atoms with Gasteiger partial charge in [0.25, 0.3) is 0 Å². The highest BCUT2D eigenvalue weighted by atomic mass is 35.5. The molecule has 0 amide bonds. The number of benzene rings is 1. The van der Waals surface area contributed by atoms with Gasteiger partial charge in [-0.05, 0) is 30.4 Å². The van der Waals surface area contributed by atoms with Crippen LogP contribution in [0.4, 0.5) is 10.1 Å². The summed E-state index contributed by atoms with van der Waals surface area (Å²) in [7, 11) is 0. The van der Waals surface area contributed by atoms with Crippen molar-refractivity contribution in [3.8, 4) is 0 Å². The fraction of sp³-hybridized carbons (Fsp3) is 0.625. The molecule has 0 radical (unpaired) electrons. The van der Waals surface area contributed by atoms with E-state index in [-0.39, 0.29) is 30.9 Å². The van der Waals surface area contributed by atoms with Gasteiger partial charge >= 0.3 is 5.69 Å². The molecule has 1 aromatic carbocycles. The van der Waals surface area contributed by atoms with Crippen LogP contribution in [-0.4, -0.2) is 49.2 Å². The molecule has 2 aliphatic rings. The maximum atomic E-state index is 13.7. The quantitative estimate of drug-likeness (QED) is 0.626. The summed E-state index contributed by atoms with van der Waals surface area (Å²) in [6, 6.07) is 4.42. The largest absolute Gasteiger partial charge is 0.381 e. The van der Waals surface area contributed by atoms with E-state index in [9.17, 15) is 14.5 Å². The Morgan fingerprint density at radius 2 is 1.88 bits per heavy atom. The average molecular weight is 396 g/mol. The van der Waals surface area contributed by atoms with E-state index in [0.717, 1.165) is 57.8 Å². The second kappa shape index (κ2) is 10.2. The Balaban J connectivity index is 0.00000156. The highest BCUT2D eigenvalue weighted by molar-refractivity contribution is 5.85. The molecule has 0 aliphatic carbocycles. The smallest absolute Gasteiger partial charge is 0.305 e. The van der Waals surface area contributed by atoms with Gasteiger partial charge in [-0.2, -0.15) is 4.39 Å². The van der Waals surface area contributed by atoms with Crippen molar-refractivity contribution in [2.24, 2.45) is 5.92 Å². The van der Waals surface area contributed by atoms with Crippen molar-refractivity contribution in [2.45, 2.75) is 18.9 Å². The van der Waals surface area contributed by atoms with Crippen LogP contribution in [0.15, 0.2) is 18.2 Å². The van der Waals surface area contributed by atoms with E-state index in [1.165, 1.54) is 12.1 Å². The van der Waals surface area contributed by atoms with E-state index < -0.39 is 16.4 Å². The van der Waals surface area contributed by atoms with E-state index in [2.05, 4.69) is 10.2 Å². The Kier molecular flexibility index (Phi) is 9.02. The van der Waals surface area contributed by atoms with Crippen LogP contribution in [0.1, 0.15) is 24.4 Å². The molecule has 9 heteroatoms. The van der Waals surface area contributed by atoms with Crippen molar-refractivity contribution in [3.63, 3.8) is 0 Å². The summed E-state index contributed by atoms with van der Waals surface area (Å²) in [5.74, 6) is -0.392. The van der Waals surface area contributed by atoms with Gasteiger partial charge in [-0.3, -0.25) is 15.0 Å². The molecule has 0 bridgehead atoms. The Morgan fingerprint density at radius 3 is 2.48 bits per heavy atom. The molecule has 2 fully saturated rings. The van der Waals surface area contributed by atoms with Crippen LogP contribution >= 0.6 is 24.8 Å². The molecule has 0 unspecified atom stereocenters. The van der Waals surface area contributed by atoms with Gasteiger partial charge in [-0.25, -0.2) is 0 Å². The van der Waals surface area contributed by atoms with Gasteiger partial charge in [-0.15, -0.1) is 24.8 Å². The molecular weight excluding hydrogens is 372 g/mol. The van der Waals surface area contributed by atoms with Crippen LogP contribution in [0.2, 0.25) is 0 Å². The summed E-state index contributed by atoms with van der Waals surface area (Å²) in [6.07, 6.45) is 1.86. The van der Waals surface area contributed by atoms with Crippen LogP contribution in [0, 0.1) is 21.8 Å². The van der Waals surface area contributed by atoms with E-state index in [0.29, 0.717) is 5.92 Å². The fourth-order valence-corrected chi connectivity index (χ4v) is 3.63. The van der Waals surface area contributed by atoms with Gasteiger partial charge in [0.2, 0.25) is 5.82 Å². The van der Waals surface area contributed by atoms with E-state index in [1.54, 1.807) is 6.07 Å². The van der Waals surface area contributed by atoms with Gasteiger partial charge in [0.1, 0.15) is 0 Å². The molecule has 6 nitrogen and oxygen atoms in total. The number of nitrogens with zero attached hydrogens (tertiary/aromatic N) is 2. The van der Waals surface area contributed by atoms with Crippen LogP contribution in [0.3, 0.4) is 0 Å². The maximum Gasteiger partial charge on any atom is 0.305 e. The summed E-state index contributed by atoms with van der Waals surface area (Å²) in [4.78, 5) is 12.8. The molecule has 25 heavy (non-hydrogen) atoms. The van der Waals surface area contributed by atoms with E-state index in [4.69, 9.17) is 4.74 Å². The van der Waals surface area contributed by atoms with Crippen molar-refractivity contribution in [1.29, 1.82) is 0 Å². The molecule has 2 saturated heterocycles. The van der Waals surface area contributed by atoms with Gasteiger partial charge < -0.3 is 10.1 Å². The first-order valence-corrected chi connectivity index (χ1v) is 8.13. The lowest BCUT2D eigenvalue weighted by molar-refractivity contribution is -0.387. The number of nitrogens with one attached hydrogen (secondary N) is 1. The normalized spacial score (nSPS) is 20.2. The third kappa shape index (κ3) is 5.24. The van der Waals surface area contributed by atoms with Crippen molar-refractivity contribution in [1.82, 2.24) is 10.2 Å². The molecule has 0 spiro atoms. The number of hydrogen-bond acceptors (Lipinski definition) is 5. The molecule has 1 atom stereocenters. The van der Waals surface area contributed by atoms with Gasteiger partial charge in [0.15, 0.2) is 0 Å². The predicted molar refractivity (Wildman–Crippen MR) is 98.3 cm³/mol. The summed E-state index contributed by atoms with van der Waals surface area (Å²) < 4.78 is 19.1. The van der Waals surface area contributed by atoms with Crippen LogP contribution in [-0.2, 0) is 4.74 Å². The first-order chi connectivity index (χ1) is 11.2. The molecule has 2 aliphatic heterocycles. The highest BCUT2D eigenvalue weighted by Crippen LogP contribution is 2.37. The van der Waals surface area contributed by atoms with Gasteiger partial charge in [-0.1, -0.05) is 6.07 Å². The zero-order chi connectivity index (χ0) is 16.2. The predicted octanol–water partition coefficient (Wildman–Crippen LogP) is 2.95. The van der Waals surface area contributed by atoms with Crippen molar-refractivity contribution < 1.29 is 14.1 Å². The summed E-state index contributed by atoms with van der Waals surface area (Å²) in [6.45, 7) is 5.04. The lowest BCUT2D eigenvalue weighted by Gasteiger charge is -2.41. The average Bonchev–Trinajstić information content (AvgIpc) is 2.58. The minimum absolute atomic E-state index is 0. The molecule has 142 valence electrons. The number of nitro benzene ring substituents is 1. The second-order valence-corrected chi connectivity index (χ2v) is 6.15. The first kappa shape index (κ1) is 22.1. The van der Waals surface area contributed by atoms with E-state index >= 15 is 0 Å². The molecule has 3 rings (SSSR count). The molecule has 1 aromatic rings. The number of halogens is 3.